The van der Waals surface area contributed by atoms with Gasteiger partial charge in [0.1, 0.15) is 6.61 Å². The van der Waals surface area contributed by atoms with Crippen molar-refractivity contribution >= 4 is 0 Å². The van der Waals surface area contributed by atoms with Gasteiger partial charge in [-0.15, -0.1) is 0 Å². The minimum Gasteiger partial charge on any atom is -0.494 e. The first-order chi connectivity index (χ1) is 18.1. The number of benzene rings is 4. The van der Waals surface area contributed by atoms with Crippen LogP contribution in [0, 0.1) is 36.0 Å². The van der Waals surface area contributed by atoms with E-state index in [0.717, 1.165) is 12.1 Å². The van der Waals surface area contributed by atoms with Crippen LogP contribution in [0.25, 0.3) is 22.3 Å². The summed E-state index contributed by atoms with van der Waals surface area (Å²) in [6, 6.07) is 13.6. The van der Waals surface area contributed by atoms with Crippen molar-refractivity contribution < 1.29 is 40.2 Å². The summed E-state index contributed by atoms with van der Waals surface area (Å²) in [6.07, 6.45) is -4.34. The third-order valence-corrected chi connectivity index (χ3v) is 6.04. The van der Waals surface area contributed by atoms with E-state index < -0.39 is 53.8 Å². The first-order valence-corrected chi connectivity index (χ1v) is 11.4. The Morgan fingerprint density at radius 2 is 1.24 bits per heavy atom. The molecule has 0 amide bonds. The van der Waals surface area contributed by atoms with Gasteiger partial charge in [-0.2, -0.15) is 4.39 Å². The van der Waals surface area contributed by atoms with Crippen LogP contribution in [-0.2, 0) is 0 Å². The van der Waals surface area contributed by atoms with Crippen LogP contribution in [0.1, 0.15) is 17.3 Å². The maximum Gasteiger partial charge on any atom is 0.201 e. The van der Waals surface area contributed by atoms with E-state index in [4.69, 9.17) is 9.47 Å². The quantitative estimate of drug-likeness (QED) is 0.211. The van der Waals surface area contributed by atoms with Crippen LogP contribution in [0.2, 0.25) is 0 Å². The molecule has 0 N–H and O–H groups in total. The first kappa shape index (κ1) is 27.0. The summed E-state index contributed by atoms with van der Waals surface area (Å²) < 4.78 is 110. The Morgan fingerprint density at radius 1 is 0.658 bits per heavy atom. The van der Waals surface area contributed by atoms with Gasteiger partial charge in [0, 0.05) is 11.1 Å². The fourth-order valence-electron chi connectivity index (χ4n) is 3.88. The van der Waals surface area contributed by atoms with E-state index >= 15 is 0 Å². The second-order valence-corrected chi connectivity index (χ2v) is 8.50. The van der Waals surface area contributed by atoms with Gasteiger partial charge in [-0.25, -0.2) is 26.3 Å². The number of ether oxygens (including phenoxy) is 2. The predicted octanol–water partition coefficient (Wildman–Crippen LogP) is 8.46. The Kier molecular flexibility index (Phi) is 7.94. The Morgan fingerprint density at radius 3 is 1.89 bits per heavy atom. The number of methoxy groups -OCH3 is 1. The van der Waals surface area contributed by atoms with Gasteiger partial charge in [0.05, 0.1) is 7.11 Å². The van der Waals surface area contributed by atoms with Crippen LogP contribution >= 0.6 is 0 Å². The third kappa shape index (κ3) is 5.32. The van der Waals surface area contributed by atoms with Gasteiger partial charge in [0.15, 0.2) is 47.1 Å². The predicted molar refractivity (Wildman–Crippen MR) is 129 cm³/mol. The zero-order valence-electron chi connectivity index (χ0n) is 20.2. The van der Waals surface area contributed by atoms with E-state index in [9.17, 15) is 30.7 Å². The average Bonchev–Trinajstić information content (AvgIpc) is 2.92. The maximum absolute atomic E-state index is 14.7. The second kappa shape index (κ2) is 11.2. The largest absolute Gasteiger partial charge is 0.494 e. The Hall–Kier alpha value is -4.01. The van der Waals surface area contributed by atoms with Crippen LogP contribution in [0.4, 0.5) is 30.7 Å². The minimum atomic E-state index is -2.19. The number of rotatable bonds is 8. The molecule has 4 aromatic rings. The van der Waals surface area contributed by atoms with E-state index in [0.29, 0.717) is 0 Å². The molecule has 9 heteroatoms. The van der Waals surface area contributed by atoms with Crippen LogP contribution in [-0.4, -0.2) is 19.9 Å². The van der Waals surface area contributed by atoms with Crippen LogP contribution in [0.5, 0.6) is 11.5 Å². The molecule has 0 aliphatic carbocycles. The first-order valence-electron chi connectivity index (χ1n) is 11.4. The van der Waals surface area contributed by atoms with Gasteiger partial charge in [0.2, 0.25) is 5.82 Å². The Balaban J connectivity index is 1.43. The lowest BCUT2D eigenvalue weighted by atomic mass is 9.99. The smallest absolute Gasteiger partial charge is 0.201 e. The molecule has 0 saturated heterocycles. The number of aryl methyl sites for hydroxylation is 1. The van der Waals surface area contributed by atoms with Crippen molar-refractivity contribution in [3.05, 3.63) is 107 Å². The fourth-order valence-corrected chi connectivity index (χ4v) is 3.88. The van der Waals surface area contributed by atoms with Crippen molar-refractivity contribution in [3.8, 4) is 33.8 Å². The molecule has 2 unspecified atom stereocenters. The summed E-state index contributed by atoms with van der Waals surface area (Å²) in [7, 11) is 1.17. The Labute approximate surface area is 214 Å². The van der Waals surface area contributed by atoms with Crippen molar-refractivity contribution in [1.82, 2.24) is 0 Å². The lowest BCUT2D eigenvalue weighted by molar-refractivity contribution is 0.107. The van der Waals surface area contributed by atoms with Crippen LogP contribution < -0.4 is 9.47 Å². The SMILES string of the molecule is COc1ccc(-c2ccc(OCC(F)C(F)c3ccc(-c4ccc(C)c(F)c4F)cc3)c(F)c2)c(F)c1F. The van der Waals surface area contributed by atoms with Gasteiger partial charge in [0.25, 0.3) is 0 Å². The molecule has 38 heavy (non-hydrogen) atoms. The van der Waals surface area contributed by atoms with E-state index in [-0.39, 0.29) is 39.1 Å². The Bertz CT molecular complexity index is 1450. The zero-order chi connectivity index (χ0) is 27.6. The topological polar surface area (TPSA) is 18.5 Å². The standard InChI is InChI=1S/C29H21F7O2/c1-15-3-9-19(27(34)25(15)32)16-4-6-17(7-5-16)26(33)22(31)14-38-23-11-8-18(13-21(23)30)20-10-12-24(37-2)29(36)28(20)35/h3-13,22,26H,14H2,1-2H3. The highest BCUT2D eigenvalue weighted by molar-refractivity contribution is 5.67. The highest BCUT2D eigenvalue weighted by Crippen LogP contribution is 2.33. The molecule has 0 aliphatic heterocycles. The van der Waals surface area contributed by atoms with Crippen LogP contribution in [0.15, 0.2) is 66.7 Å². The van der Waals surface area contributed by atoms with Crippen molar-refractivity contribution in [3.63, 3.8) is 0 Å². The average molecular weight is 534 g/mol. The molecule has 198 valence electrons. The summed E-state index contributed by atoms with van der Waals surface area (Å²) in [5, 5.41) is 0. The molecule has 0 fully saturated rings. The van der Waals surface area contributed by atoms with Gasteiger partial charge in [-0.05, 0) is 53.4 Å². The molecule has 0 aromatic heterocycles. The molecule has 4 aromatic carbocycles. The molecule has 0 saturated carbocycles. The van der Waals surface area contributed by atoms with E-state index in [1.807, 2.05) is 0 Å². The summed E-state index contributed by atoms with van der Waals surface area (Å²) in [6.45, 7) is 0.576. The van der Waals surface area contributed by atoms with Crippen molar-refractivity contribution in [2.45, 2.75) is 19.3 Å². The molecular weight excluding hydrogens is 513 g/mol. The summed E-state index contributed by atoms with van der Waals surface area (Å²) in [5.41, 5.74) is 0.0907. The maximum atomic E-state index is 14.7. The second-order valence-electron chi connectivity index (χ2n) is 8.50. The number of hydrogen-bond acceptors (Lipinski definition) is 2. The van der Waals surface area contributed by atoms with Gasteiger partial charge in [-0.1, -0.05) is 42.5 Å². The number of hydrogen-bond donors (Lipinski definition) is 0. The molecule has 0 heterocycles. The fraction of sp³-hybridized carbons (Fsp3) is 0.172. The van der Waals surface area contributed by atoms with Gasteiger partial charge in [-0.3, -0.25) is 0 Å². The van der Waals surface area contributed by atoms with E-state index in [1.54, 1.807) is 0 Å². The van der Waals surface area contributed by atoms with Crippen molar-refractivity contribution in [2.75, 3.05) is 13.7 Å². The van der Waals surface area contributed by atoms with Crippen LogP contribution in [0.3, 0.4) is 0 Å². The summed E-state index contributed by atoms with van der Waals surface area (Å²) in [4.78, 5) is 0. The van der Waals surface area contributed by atoms with E-state index in [2.05, 4.69) is 0 Å². The molecule has 2 nitrogen and oxygen atoms in total. The molecular formula is C29H21F7O2. The molecule has 0 aliphatic rings. The lowest BCUT2D eigenvalue weighted by Gasteiger charge is -2.16. The third-order valence-electron chi connectivity index (χ3n) is 6.04. The zero-order valence-corrected chi connectivity index (χ0v) is 20.2. The van der Waals surface area contributed by atoms with Crippen molar-refractivity contribution in [2.24, 2.45) is 0 Å². The van der Waals surface area contributed by atoms with E-state index in [1.165, 1.54) is 68.6 Å². The number of alkyl halides is 2. The molecule has 4 rings (SSSR count). The van der Waals surface area contributed by atoms with Crippen molar-refractivity contribution in [1.29, 1.82) is 0 Å². The highest BCUT2D eigenvalue weighted by Gasteiger charge is 2.24. The monoisotopic (exact) mass is 534 g/mol. The summed E-state index contributed by atoms with van der Waals surface area (Å²) in [5.74, 6) is -6.21. The molecule has 0 bridgehead atoms. The molecule has 0 spiro atoms. The summed E-state index contributed by atoms with van der Waals surface area (Å²) >= 11 is 0. The van der Waals surface area contributed by atoms with Gasteiger partial charge < -0.3 is 9.47 Å². The normalized spacial score (nSPS) is 12.8. The highest BCUT2D eigenvalue weighted by atomic mass is 19.2. The lowest BCUT2D eigenvalue weighted by Crippen LogP contribution is -2.19. The number of halogens is 7. The molecule has 2 atom stereocenters. The minimum absolute atomic E-state index is 0.000876. The molecule has 0 radical (unpaired) electrons. The van der Waals surface area contributed by atoms with Gasteiger partial charge >= 0.3 is 0 Å².